The number of nitrogens with one attached hydrogen (secondary N) is 1. The molecule has 1 aromatic carbocycles. The minimum Gasteiger partial charge on any atom is -0.488 e. The summed E-state index contributed by atoms with van der Waals surface area (Å²) >= 11 is 11.7. The van der Waals surface area contributed by atoms with E-state index >= 15 is 0 Å². The Morgan fingerprint density at radius 1 is 1.50 bits per heavy atom. The number of rotatable bonds is 3. The summed E-state index contributed by atoms with van der Waals surface area (Å²) in [7, 11) is 0. The third-order valence-electron chi connectivity index (χ3n) is 2.07. The first-order valence-electron chi connectivity index (χ1n) is 4.67. The van der Waals surface area contributed by atoms with Gasteiger partial charge in [-0.15, -0.1) is 0 Å². The maximum absolute atomic E-state index is 10.7. The standard InChI is InChI=1S/C10H9Cl2NO3/c11-6-1-2-9(8(12)3-6)15-5-7-4-13-10(14)16-7/h1-3,7H,4-5H2,(H,13,14). The molecule has 1 amide bonds. The van der Waals surface area contributed by atoms with Crippen LogP contribution in [0, 0.1) is 0 Å². The van der Waals surface area contributed by atoms with Crippen LogP contribution in [0.5, 0.6) is 5.75 Å². The number of alkyl carbamates (subject to hydrolysis) is 1. The Morgan fingerprint density at radius 3 is 2.94 bits per heavy atom. The molecule has 1 aromatic rings. The van der Waals surface area contributed by atoms with Gasteiger partial charge in [0.25, 0.3) is 0 Å². The molecule has 0 spiro atoms. The van der Waals surface area contributed by atoms with Crippen LogP contribution in [0.3, 0.4) is 0 Å². The van der Waals surface area contributed by atoms with Gasteiger partial charge in [-0.2, -0.15) is 0 Å². The topological polar surface area (TPSA) is 47.6 Å². The first-order valence-corrected chi connectivity index (χ1v) is 5.43. The zero-order valence-corrected chi connectivity index (χ0v) is 9.72. The van der Waals surface area contributed by atoms with Crippen molar-refractivity contribution in [3.63, 3.8) is 0 Å². The lowest BCUT2D eigenvalue weighted by molar-refractivity contribution is 0.105. The number of ether oxygens (including phenoxy) is 2. The predicted molar refractivity (Wildman–Crippen MR) is 60.2 cm³/mol. The average Bonchev–Trinajstić information content (AvgIpc) is 2.63. The van der Waals surface area contributed by atoms with Gasteiger partial charge in [0.05, 0.1) is 11.6 Å². The van der Waals surface area contributed by atoms with E-state index in [9.17, 15) is 4.79 Å². The molecular weight excluding hydrogens is 253 g/mol. The van der Waals surface area contributed by atoms with E-state index in [1.54, 1.807) is 18.2 Å². The molecule has 4 nitrogen and oxygen atoms in total. The van der Waals surface area contributed by atoms with Crippen LogP contribution >= 0.6 is 23.2 Å². The lowest BCUT2D eigenvalue weighted by atomic mass is 10.3. The first-order chi connectivity index (χ1) is 7.65. The van der Waals surface area contributed by atoms with Crippen LogP contribution in [0.2, 0.25) is 10.0 Å². The molecule has 16 heavy (non-hydrogen) atoms. The van der Waals surface area contributed by atoms with Gasteiger partial charge in [-0.25, -0.2) is 4.79 Å². The summed E-state index contributed by atoms with van der Waals surface area (Å²) in [6, 6.07) is 4.95. The molecule has 1 atom stereocenters. The molecular formula is C10H9Cl2NO3. The lowest BCUT2D eigenvalue weighted by Gasteiger charge is -2.11. The Labute approximate surface area is 102 Å². The van der Waals surface area contributed by atoms with Crippen molar-refractivity contribution in [3.05, 3.63) is 28.2 Å². The fourth-order valence-corrected chi connectivity index (χ4v) is 1.76. The molecule has 0 aromatic heterocycles. The van der Waals surface area contributed by atoms with Crippen molar-refractivity contribution in [2.75, 3.05) is 13.2 Å². The molecule has 1 aliphatic heterocycles. The Hall–Kier alpha value is -1.13. The third-order valence-corrected chi connectivity index (χ3v) is 2.60. The predicted octanol–water partition coefficient (Wildman–Crippen LogP) is 2.48. The second-order valence-electron chi connectivity index (χ2n) is 3.29. The van der Waals surface area contributed by atoms with Crippen LogP contribution < -0.4 is 10.1 Å². The molecule has 1 fully saturated rings. The molecule has 1 N–H and O–H groups in total. The Kier molecular flexibility index (Phi) is 3.41. The minimum atomic E-state index is -0.421. The Bertz CT molecular complexity index is 411. The van der Waals surface area contributed by atoms with Crippen molar-refractivity contribution in [3.8, 4) is 5.75 Å². The average molecular weight is 262 g/mol. The summed E-state index contributed by atoms with van der Waals surface area (Å²) in [6.07, 6.45) is -0.699. The quantitative estimate of drug-likeness (QED) is 0.910. The molecule has 1 unspecified atom stereocenters. The second kappa shape index (κ2) is 4.80. The van der Waals surface area contributed by atoms with Crippen LogP contribution in [0.4, 0.5) is 4.79 Å². The SMILES string of the molecule is O=C1NCC(COc2ccc(Cl)cc2Cl)O1. The van der Waals surface area contributed by atoms with Crippen molar-refractivity contribution in [2.45, 2.75) is 6.10 Å². The zero-order valence-electron chi connectivity index (χ0n) is 8.20. The molecule has 0 bridgehead atoms. The Balaban J connectivity index is 1.92. The van der Waals surface area contributed by atoms with Crippen LogP contribution in [0.15, 0.2) is 18.2 Å². The number of carbonyl (C=O) groups is 1. The van der Waals surface area contributed by atoms with Gasteiger partial charge in [-0.3, -0.25) is 0 Å². The van der Waals surface area contributed by atoms with Gasteiger partial charge < -0.3 is 14.8 Å². The number of hydrogen-bond donors (Lipinski definition) is 1. The van der Waals surface area contributed by atoms with E-state index in [1.165, 1.54) is 0 Å². The molecule has 86 valence electrons. The smallest absolute Gasteiger partial charge is 0.407 e. The maximum atomic E-state index is 10.7. The fraction of sp³-hybridized carbons (Fsp3) is 0.300. The van der Waals surface area contributed by atoms with E-state index < -0.39 is 6.09 Å². The molecule has 2 rings (SSSR count). The summed E-state index contributed by atoms with van der Waals surface area (Å²) in [5.41, 5.74) is 0. The van der Waals surface area contributed by atoms with Gasteiger partial charge in [0.15, 0.2) is 6.10 Å². The summed E-state index contributed by atoms with van der Waals surface area (Å²) in [6.45, 7) is 0.712. The van der Waals surface area contributed by atoms with Gasteiger partial charge in [-0.05, 0) is 18.2 Å². The normalized spacial score (nSPS) is 19.1. The molecule has 1 aliphatic rings. The summed E-state index contributed by atoms with van der Waals surface area (Å²) in [5, 5.41) is 3.52. The van der Waals surface area contributed by atoms with Crippen LogP contribution in [0.1, 0.15) is 0 Å². The molecule has 0 radical (unpaired) electrons. The number of benzene rings is 1. The molecule has 0 saturated carbocycles. The van der Waals surface area contributed by atoms with Crippen molar-refractivity contribution in [2.24, 2.45) is 0 Å². The van der Waals surface area contributed by atoms with E-state index in [-0.39, 0.29) is 12.7 Å². The zero-order chi connectivity index (χ0) is 11.5. The molecule has 1 saturated heterocycles. The van der Waals surface area contributed by atoms with Gasteiger partial charge in [0, 0.05) is 5.02 Å². The highest BCUT2D eigenvalue weighted by molar-refractivity contribution is 6.35. The van der Waals surface area contributed by atoms with E-state index in [0.29, 0.717) is 22.3 Å². The van der Waals surface area contributed by atoms with E-state index in [2.05, 4.69) is 5.32 Å². The van der Waals surface area contributed by atoms with Crippen LogP contribution in [-0.4, -0.2) is 25.3 Å². The molecule has 1 heterocycles. The lowest BCUT2D eigenvalue weighted by Crippen LogP contribution is -2.22. The van der Waals surface area contributed by atoms with Crippen molar-refractivity contribution in [1.29, 1.82) is 0 Å². The van der Waals surface area contributed by atoms with E-state index in [0.717, 1.165) is 0 Å². The third kappa shape index (κ3) is 2.71. The highest BCUT2D eigenvalue weighted by atomic mass is 35.5. The maximum Gasteiger partial charge on any atom is 0.407 e. The van der Waals surface area contributed by atoms with Gasteiger partial charge in [-0.1, -0.05) is 23.2 Å². The van der Waals surface area contributed by atoms with Gasteiger partial charge in [0.1, 0.15) is 12.4 Å². The summed E-state index contributed by atoms with van der Waals surface area (Å²) in [4.78, 5) is 10.7. The van der Waals surface area contributed by atoms with Gasteiger partial charge >= 0.3 is 6.09 Å². The number of amides is 1. The highest BCUT2D eigenvalue weighted by Crippen LogP contribution is 2.27. The second-order valence-corrected chi connectivity index (χ2v) is 4.14. The van der Waals surface area contributed by atoms with E-state index in [1.807, 2.05) is 0 Å². The number of cyclic esters (lactones) is 1. The molecule has 6 heteroatoms. The minimum absolute atomic E-state index is 0.264. The van der Waals surface area contributed by atoms with Crippen LogP contribution in [0.25, 0.3) is 0 Å². The highest BCUT2D eigenvalue weighted by Gasteiger charge is 2.23. The van der Waals surface area contributed by atoms with Gasteiger partial charge in [0.2, 0.25) is 0 Å². The number of halogens is 2. The number of carbonyl (C=O) groups excluding carboxylic acids is 1. The fourth-order valence-electron chi connectivity index (χ4n) is 1.30. The molecule has 0 aliphatic carbocycles. The van der Waals surface area contributed by atoms with Crippen molar-refractivity contribution >= 4 is 29.3 Å². The number of hydrogen-bond acceptors (Lipinski definition) is 3. The first kappa shape index (κ1) is 11.4. The summed E-state index contributed by atoms with van der Waals surface area (Å²) in [5.74, 6) is 0.522. The van der Waals surface area contributed by atoms with Crippen molar-refractivity contribution in [1.82, 2.24) is 5.32 Å². The van der Waals surface area contributed by atoms with Crippen LogP contribution in [-0.2, 0) is 4.74 Å². The largest absolute Gasteiger partial charge is 0.488 e. The summed E-state index contributed by atoms with van der Waals surface area (Å²) < 4.78 is 10.3. The van der Waals surface area contributed by atoms with E-state index in [4.69, 9.17) is 32.7 Å². The monoisotopic (exact) mass is 261 g/mol. The van der Waals surface area contributed by atoms with Crippen molar-refractivity contribution < 1.29 is 14.3 Å². The Morgan fingerprint density at radius 2 is 2.31 bits per heavy atom.